The minimum absolute atomic E-state index is 0.260. The van der Waals surface area contributed by atoms with E-state index in [9.17, 15) is 0 Å². The monoisotopic (exact) mass is 387 g/mol. The van der Waals surface area contributed by atoms with Crippen LogP contribution >= 0.6 is 0 Å². The highest BCUT2D eigenvalue weighted by atomic mass is 16.6. The molecule has 3 rings (SSSR count). The van der Waals surface area contributed by atoms with Crippen molar-refractivity contribution in [1.82, 2.24) is 20.4 Å². The minimum Gasteiger partial charge on any atom is -0.486 e. The lowest BCUT2D eigenvalue weighted by Crippen LogP contribution is -2.38. The molecule has 0 saturated carbocycles. The van der Waals surface area contributed by atoms with Crippen LogP contribution in [-0.2, 0) is 13.0 Å². The first-order chi connectivity index (χ1) is 13.6. The molecule has 0 radical (unpaired) electrons. The maximum Gasteiger partial charge on any atom is 0.228 e. The molecule has 8 heteroatoms. The Balaban J connectivity index is 1.60. The van der Waals surface area contributed by atoms with Gasteiger partial charge in [0.15, 0.2) is 23.3 Å². The Morgan fingerprint density at radius 3 is 2.75 bits per heavy atom. The van der Waals surface area contributed by atoms with Crippen LogP contribution in [0, 0.1) is 0 Å². The number of ether oxygens (including phenoxy) is 2. The van der Waals surface area contributed by atoms with Gasteiger partial charge in [-0.25, -0.2) is 0 Å². The van der Waals surface area contributed by atoms with E-state index in [-0.39, 0.29) is 5.92 Å². The molecule has 0 saturated heterocycles. The lowest BCUT2D eigenvalue weighted by Gasteiger charge is -2.23. The molecule has 0 atom stereocenters. The van der Waals surface area contributed by atoms with Crippen LogP contribution in [0.15, 0.2) is 27.7 Å². The Morgan fingerprint density at radius 1 is 1.25 bits per heavy atom. The summed E-state index contributed by atoms with van der Waals surface area (Å²) < 4.78 is 16.5. The van der Waals surface area contributed by atoms with Crippen molar-refractivity contribution >= 4 is 5.96 Å². The highest BCUT2D eigenvalue weighted by Crippen LogP contribution is 2.31. The normalized spacial score (nSPS) is 13.7. The van der Waals surface area contributed by atoms with Gasteiger partial charge < -0.3 is 24.2 Å². The number of fused-ring (bicyclic) bond motifs is 1. The summed E-state index contributed by atoms with van der Waals surface area (Å²) >= 11 is 0. The van der Waals surface area contributed by atoms with E-state index in [1.165, 1.54) is 0 Å². The fourth-order valence-electron chi connectivity index (χ4n) is 2.87. The summed E-state index contributed by atoms with van der Waals surface area (Å²) in [5, 5.41) is 7.32. The quantitative estimate of drug-likeness (QED) is 0.577. The van der Waals surface area contributed by atoms with Crippen LogP contribution in [0.1, 0.15) is 44.0 Å². The van der Waals surface area contributed by atoms with Crippen molar-refractivity contribution in [3.8, 4) is 11.5 Å². The SMILES string of the molecule is CCNC(=NCCc1nc(C(C)C)no1)N(C)Cc1ccc2c(c1)OCCO2. The van der Waals surface area contributed by atoms with Crippen LogP contribution in [0.3, 0.4) is 0 Å². The Kier molecular flexibility index (Phi) is 6.73. The van der Waals surface area contributed by atoms with E-state index in [2.05, 4.69) is 33.3 Å². The van der Waals surface area contributed by atoms with E-state index in [0.29, 0.717) is 38.6 Å². The van der Waals surface area contributed by atoms with Crippen LogP contribution in [0.2, 0.25) is 0 Å². The van der Waals surface area contributed by atoms with Crippen molar-refractivity contribution < 1.29 is 14.0 Å². The molecule has 1 aromatic carbocycles. The van der Waals surface area contributed by atoms with Crippen molar-refractivity contribution in [1.29, 1.82) is 0 Å². The first-order valence-electron chi connectivity index (χ1n) is 9.77. The van der Waals surface area contributed by atoms with Gasteiger partial charge in [0.05, 0.1) is 6.54 Å². The van der Waals surface area contributed by atoms with Crippen molar-refractivity contribution in [2.24, 2.45) is 4.99 Å². The standard InChI is InChI=1S/C20H29N5O3/c1-5-21-20(22-9-8-18-23-19(14(2)3)24-28-18)25(4)13-15-6-7-16-17(12-15)27-11-10-26-16/h6-7,12,14H,5,8-11,13H2,1-4H3,(H,21,22). The largest absolute Gasteiger partial charge is 0.486 e. The number of aliphatic imine (C=N–C) groups is 1. The summed E-state index contributed by atoms with van der Waals surface area (Å²) in [4.78, 5) is 11.2. The number of aromatic nitrogens is 2. The second kappa shape index (κ2) is 9.43. The molecule has 28 heavy (non-hydrogen) atoms. The molecule has 1 aromatic heterocycles. The Hall–Kier alpha value is -2.77. The molecule has 0 amide bonds. The Morgan fingerprint density at radius 2 is 2.04 bits per heavy atom. The van der Waals surface area contributed by atoms with E-state index in [1.807, 2.05) is 33.0 Å². The first kappa shape index (κ1) is 20.0. The molecule has 0 spiro atoms. The van der Waals surface area contributed by atoms with E-state index in [1.54, 1.807) is 0 Å². The summed E-state index contributed by atoms with van der Waals surface area (Å²) in [6.07, 6.45) is 0.618. The maximum absolute atomic E-state index is 5.67. The molecule has 152 valence electrons. The zero-order valence-electron chi connectivity index (χ0n) is 17.1. The van der Waals surface area contributed by atoms with Crippen molar-refractivity contribution in [2.75, 3.05) is 33.4 Å². The highest BCUT2D eigenvalue weighted by molar-refractivity contribution is 5.79. The third-order valence-electron chi connectivity index (χ3n) is 4.31. The number of hydrogen-bond donors (Lipinski definition) is 1. The summed E-state index contributed by atoms with van der Waals surface area (Å²) in [5.74, 6) is 4.06. The zero-order chi connectivity index (χ0) is 19.9. The number of nitrogens with zero attached hydrogens (tertiary/aromatic N) is 4. The number of hydrogen-bond acceptors (Lipinski definition) is 6. The second-order valence-corrected chi connectivity index (χ2v) is 7.02. The number of guanidine groups is 1. The van der Waals surface area contributed by atoms with Gasteiger partial charge in [-0.15, -0.1) is 0 Å². The summed E-state index contributed by atoms with van der Waals surface area (Å²) in [7, 11) is 2.02. The molecule has 8 nitrogen and oxygen atoms in total. The molecule has 1 N–H and O–H groups in total. The van der Waals surface area contributed by atoms with Gasteiger partial charge in [0.25, 0.3) is 0 Å². The van der Waals surface area contributed by atoms with Gasteiger partial charge in [0.2, 0.25) is 5.89 Å². The van der Waals surface area contributed by atoms with E-state index < -0.39 is 0 Å². The maximum atomic E-state index is 5.67. The lowest BCUT2D eigenvalue weighted by molar-refractivity contribution is 0.171. The summed E-state index contributed by atoms with van der Waals surface area (Å²) in [5.41, 5.74) is 1.14. The number of rotatable bonds is 7. The predicted molar refractivity (Wildman–Crippen MR) is 107 cm³/mol. The van der Waals surface area contributed by atoms with E-state index in [0.717, 1.165) is 35.4 Å². The van der Waals surface area contributed by atoms with Crippen molar-refractivity contribution in [3.63, 3.8) is 0 Å². The molecule has 0 aliphatic carbocycles. The lowest BCUT2D eigenvalue weighted by atomic mass is 10.2. The first-order valence-corrected chi connectivity index (χ1v) is 9.77. The van der Waals surface area contributed by atoms with Gasteiger partial charge in [-0.3, -0.25) is 4.99 Å². The zero-order valence-corrected chi connectivity index (χ0v) is 17.1. The number of benzene rings is 1. The van der Waals surface area contributed by atoms with Gasteiger partial charge in [-0.2, -0.15) is 4.98 Å². The predicted octanol–water partition coefficient (Wildman–Crippen LogP) is 2.60. The molecule has 0 unspecified atom stereocenters. The van der Waals surface area contributed by atoms with Crippen LogP contribution in [0.4, 0.5) is 0 Å². The van der Waals surface area contributed by atoms with Crippen LogP contribution in [-0.4, -0.2) is 54.4 Å². The molecule has 0 bridgehead atoms. The fraction of sp³-hybridized carbons (Fsp3) is 0.550. The number of nitrogens with one attached hydrogen (secondary N) is 1. The van der Waals surface area contributed by atoms with Gasteiger partial charge in [-0.1, -0.05) is 25.1 Å². The molecule has 1 aliphatic heterocycles. The average molecular weight is 387 g/mol. The van der Waals surface area contributed by atoms with E-state index in [4.69, 9.17) is 19.0 Å². The second-order valence-electron chi connectivity index (χ2n) is 7.02. The third-order valence-corrected chi connectivity index (χ3v) is 4.31. The molecule has 2 heterocycles. The molecule has 0 fully saturated rings. The highest BCUT2D eigenvalue weighted by Gasteiger charge is 2.14. The Labute approximate surface area is 165 Å². The summed E-state index contributed by atoms with van der Waals surface area (Å²) in [6, 6.07) is 6.05. The van der Waals surface area contributed by atoms with Gasteiger partial charge >= 0.3 is 0 Å². The third kappa shape index (κ3) is 5.15. The van der Waals surface area contributed by atoms with Crippen LogP contribution < -0.4 is 14.8 Å². The minimum atomic E-state index is 0.260. The molecule has 1 aliphatic rings. The van der Waals surface area contributed by atoms with Crippen molar-refractivity contribution in [2.45, 2.75) is 39.7 Å². The van der Waals surface area contributed by atoms with Crippen molar-refractivity contribution in [3.05, 3.63) is 35.5 Å². The molecule has 2 aromatic rings. The van der Waals surface area contributed by atoms with Gasteiger partial charge in [0.1, 0.15) is 13.2 Å². The fourth-order valence-corrected chi connectivity index (χ4v) is 2.87. The topological polar surface area (TPSA) is 85.0 Å². The Bertz CT molecular complexity index is 803. The average Bonchev–Trinajstić information content (AvgIpc) is 3.16. The van der Waals surface area contributed by atoms with E-state index >= 15 is 0 Å². The van der Waals surface area contributed by atoms with Crippen LogP contribution in [0.5, 0.6) is 11.5 Å². The summed E-state index contributed by atoms with van der Waals surface area (Å²) in [6.45, 7) is 9.41. The van der Waals surface area contributed by atoms with Crippen LogP contribution in [0.25, 0.3) is 0 Å². The smallest absolute Gasteiger partial charge is 0.228 e. The van der Waals surface area contributed by atoms with Gasteiger partial charge in [-0.05, 0) is 24.6 Å². The van der Waals surface area contributed by atoms with Gasteiger partial charge in [0, 0.05) is 32.5 Å². The molecular formula is C20H29N5O3. The molecular weight excluding hydrogens is 358 g/mol.